The van der Waals surface area contributed by atoms with Crippen molar-refractivity contribution in [2.75, 3.05) is 7.11 Å². The van der Waals surface area contributed by atoms with Crippen LogP contribution in [0.5, 0.6) is 17.2 Å². The normalized spacial score (nSPS) is 11.9. The largest absolute Gasteiger partial charge is 0.493 e. The molecule has 0 unspecified atom stereocenters. The number of para-hydroxylation sites is 2. The minimum Gasteiger partial charge on any atom is -0.493 e. The minimum atomic E-state index is 0.475. The third kappa shape index (κ3) is 5.98. The zero-order valence-corrected chi connectivity index (χ0v) is 19.0. The lowest BCUT2D eigenvalue weighted by Gasteiger charge is -2.13. The van der Waals surface area contributed by atoms with Crippen LogP contribution in [-0.2, 0) is 0 Å². The van der Waals surface area contributed by atoms with Gasteiger partial charge < -0.3 is 14.2 Å². The van der Waals surface area contributed by atoms with E-state index in [-0.39, 0.29) is 0 Å². The Morgan fingerprint density at radius 3 is 2.13 bits per heavy atom. The second kappa shape index (κ2) is 9.98. The van der Waals surface area contributed by atoms with Gasteiger partial charge in [0.1, 0.15) is 5.75 Å². The van der Waals surface area contributed by atoms with Gasteiger partial charge in [0.25, 0.3) is 0 Å². The van der Waals surface area contributed by atoms with E-state index in [9.17, 15) is 0 Å². The number of methoxy groups -OCH3 is 1. The number of aryl methyl sites for hydroxylation is 4. The maximum Gasteiger partial charge on any atom is 0.225 e. The van der Waals surface area contributed by atoms with Gasteiger partial charge in [-0.15, -0.1) is 0 Å². The Labute approximate surface area is 184 Å². The van der Waals surface area contributed by atoms with Crippen LogP contribution in [0.3, 0.4) is 0 Å². The van der Waals surface area contributed by atoms with Gasteiger partial charge in [-0.2, -0.15) is 0 Å². The molecule has 0 heterocycles. The highest BCUT2D eigenvalue weighted by Crippen LogP contribution is 2.27. The Kier molecular flexibility index (Phi) is 7.14. The molecule has 0 bridgehead atoms. The molecule has 3 aromatic carbocycles. The molecule has 0 aliphatic rings. The average molecular weight is 416 g/mol. The molecule has 0 aromatic heterocycles. The first-order chi connectivity index (χ1) is 14.9. The molecule has 0 aliphatic heterocycles. The fourth-order valence-electron chi connectivity index (χ4n) is 3.13. The van der Waals surface area contributed by atoms with Gasteiger partial charge in [0, 0.05) is 5.57 Å². The van der Waals surface area contributed by atoms with Gasteiger partial charge in [0.05, 0.1) is 19.1 Å². The number of nitrogens with zero attached hydrogens (tertiary/aromatic N) is 1. The van der Waals surface area contributed by atoms with E-state index >= 15 is 0 Å². The zero-order chi connectivity index (χ0) is 22.4. The number of rotatable bonds is 6. The van der Waals surface area contributed by atoms with Gasteiger partial charge in [-0.05, 0) is 93.3 Å². The molecule has 3 rings (SSSR count). The van der Waals surface area contributed by atoms with Crippen LogP contribution in [0.4, 0.5) is 5.69 Å². The van der Waals surface area contributed by atoms with Crippen molar-refractivity contribution < 1.29 is 14.2 Å². The summed E-state index contributed by atoms with van der Waals surface area (Å²) in [5, 5.41) is 0. The maximum atomic E-state index is 6.23. The molecule has 3 aromatic rings. The molecule has 0 aliphatic carbocycles. The van der Waals surface area contributed by atoms with Gasteiger partial charge in [-0.3, -0.25) is 0 Å². The first-order valence-corrected chi connectivity index (χ1v) is 10.2. The highest BCUT2D eigenvalue weighted by atomic mass is 16.5. The molecule has 0 radical (unpaired) electrons. The number of hydrogen-bond donors (Lipinski definition) is 0. The van der Waals surface area contributed by atoms with Crippen LogP contribution in [-0.4, -0.2) is 13.0 Å². The van der Waals surface area contributed by atoms with E-state index in [2.05, 4.69) is 32.0 Å². The van der Waals surface area contributed by atoms with Crippen molar-refractivity contribution in [1.82, 2.24) is 0 Å². The molecule has 0 atom stereocenters. The number of benzene rings is 3. The fourth-order valence-corrected chi connectivity index (χ4v) is 3.13. The Bertz CT molecular complexity index is 1110. The lowest BCUT2D eigenvalue weighted by atomic mass is 10.1. The Morgan fingerprint density at radius 1 is 0.806 bits per heavy atom. The van der Waals surface area contributed by atoms with Crippen molar-refractivity contribution in [2.45, 2.75) is 34.6 Å². The first kappa shape index (κ1) is 22.2. The molecule has 4 heteroatoms. The standard InChI is InChI=1S/C27H29NO3/c1-18-13-19(2)15-24(14-18)31-27(28-23-12-11-20(3)21(4)16-23)22(5)17-30-26-10-8-7-9-25(26)29-6/h7-17H,1-6H3. The summed E-state index contributed by atoms with van der Waals surface area (Å²) in [6.45, 7) is 10.2. The van der Waals surface area contributed by atoms with Crippen LogP contribution in [0.15, 0.2) is 77.5 Å². The van der Waals surface area contributed by atoms with E-state index in [0.717, 1.165) is 28.1 Å². The van der Waals surface area contributed by atoms with Crippen molar-refractivity contribution >= 4 is 11.6 Å². The van der Waals surface area contributed by atoms with E-state index < -0.39 is 0 Å². The van der Waals surface area contributed by atoms with Gasteiger partial charge in [-0.1, -0.05) is 24.3 Å². The summed E-state index contributed by atoms with van der Waals surface area (Å²) in [6.07, 6.45) is 1.64. The summed E-state index contributed by atoms with van der Waals surface area (Å²) in [7, 11) is 1.62. The number of ether oxygens (including phenoxy) is 3. The Morgan fingerprint density at radius 2 is 1.48 bits per heavy atom. The first-order valence-electron chi connectivity index (χ1n) is 10.2. The third-order valence-electron chi connectivity index (χ3n) is 4.90. The monoisotopic (exact) mass is 415 g/mol. The highest BCUT2D eigenvalue weighted by molar-refractivity contribution is 5.96. The molecule has 0 spiro atoms. The molecule has 4 nitrogen and oxygen atoms in total. The molecule has 0 saturated carbocycles. The Hall–Kier alpha value is -3.53. The van der Waals surface area contributed by atoms with Crippen molar-refractivity contribution in [3.63, 3.8) is 0 Å². The van der Waals surface area contributed by atoms with Gasteiger partial charge >= 0.3 is 0 Å². The van der Waals surface area contributed by atoms with Gasteiger partial charge in [-0.25, -0.2) is 4.99 Å². The molecule has 31 heavy (non-hydrogen) atoms. The predicted molar refractivity (Wildman–Crippen MR) is 127 cm³/mol. The summed E-state index contributed by atoms with van der Waals surface area (Å²) >= 11 is 0. The minimum absolute atomic E-state index is 0.475. The zero-order valence-electron chi connectivity index (χ0n) is 19.0. The van der Waals surface area contributed by atoms with Crippen LogP contribution in [0.1, 0.15) is 29.2 Å². The maximum absolute atomic E-state index is 6.23. The van der Waals surface area contributed by atoms with Crippen LogP contribution < -0.4 is 14.2 Å². The van der Waals surface area contributed by atoms with Crippen LogP contribution in [0.2, 0.25) is 0 Å². The predicted octanol–water partition coefficient (Wildman–Crippen LogP) is 7.02. The quantitative estimate of drug-likeness (QED) is 0.247. The van der Waals surface area contributed by atoms with Crippen LogP contribution in [0.25, 0.3) is 0 Å². The molecule has 0 saturated heterocycles. The fraction of sp³-hybridized carbons (Fsp3) is 0.222. The van der Waals surface area contributed by atoms with Crippen molar-refractivity contribution in [3.8, 4) is 17.2 Å². The molecular weight excluding hydrogens is 386 g/mol. The van der Waals surface area contributed by atoms with E-state index in [1.54, 1.807) is 13.4 Å². The smallest absolute Gasteiger partial charge is 0.225 e. The average Bonchev–Trinajstić information content (AvgIpc) is 2.73. The molecule has 0 N–H and O–H groups in total. The lowest BCUT2D eigenvalue weighted by molar-refractivity contribution is 0.377. The van der Waals surface area contributed by atoms with Gasteiger partial charge in [0.2, 0.25) is 5.90 Å². The summed E-state index contributed by atoms with van der Waals surface area (Å²) in [5.41, 5.74) is 6.25. The second-order valence-electron chi connectivity index (χ2n) is 7.68. The molecule has 160 valence electrons. The number of aliphatic imine (C=N–C) groups is 1. The van der Waals surface area contributed by atoms with E-state index in [1.807, 2.05) is 63.2 Å². The van der Waals surface area contributed by atoms with Crippen molar-refractivity contribution in [2.24, 2.45) is 4.99 Å². The SMILES string of the molecule is COc1ccccc1OC=C(C)C(=Nc1ccc(C)c(C)c1)Oc1cc(C)cc(C)c1. The van der Waals surface area contributed by atoms with Crippen LogP contribution in [0, 0.1) is 27.7 Å². The lowest BCUT2D eigenvalue weighted by Crippen LogP contribution is -2.11. The molecule has 0 amide bonds. The van der Waals surface area contributed by atoms with Gasteiger partial charge in [0.15, 0.2) is 11.5 Å². The summed E-state index contributed by atoms with van der Waals surface area (Å²) in [4.78, 5) is 4.78. The summed E-state index contributed by atoms with van der Waals surface area (Å²) in [6, 6.07) is 19.7. The van der Waals surface area contributed by atoms with Crippen molar-refractivity contribution in [1.29, 1.82) is 0 Å². The topological polar surface area (TPSA) is 40.0 Å². The highest BCUT2D eigenvalue weighted by Gasteiger charge is 2.10. The van der Waals surface area contributed by atoms with E-state index in [4.69, 9.17) is 19.2 Å². The molecule has 0 fully saturated rings. The summed E-state index contributed by atoms with van der Waals surface area (Å²) < 4.78 is 17.5. The third-order valence-corrected chi connectivity index (χ3v) is 4.90. The van der Waals surface area contributed by atoms with Crippen LogP contribution >= 0.6 is 0 Å². The molecular formula is C27H29NO3. The second-order valence-corrected chi connectivity index (χ2v) is 7.68. The van der Waals surface area contributed by atoms with Crippen molar-refractivity contribution in [3.05, 3.63) is 94.8 Å². The Balaban J connectivity index is 1.97. The summed E-state index contributed by atoms with van der Waals surface area (Å²) in [5.74, 6) is 2.50. The van der Waals surface area contributed by atoms with E-state index in [0.29, 0.717) is 17.4 Å². The number of hydrogen-bond acceptors (Lipinski definition) is 4. The van der Waals surface area contributed by atoms with E-state index in [1.165, 1.54) is 11.1 Å².